The molecule has 0 nitrogen and oxygen atoms in total. The monoisotopic (exact) mass is 574 g/mol. The van der Waals surface area contributed by atoms with Crippen LogP contribution in [0.5, 0.6) is 0 Å². The van der Waals surface area contributed by atoms with E-state index in [-0.39, 0.29) is 5.41 Å². The Morgan fingerprint density at radius 3 is 1.64 bits per heavy atom. The smallest absolute Gasteiger partial charge is 0.00587 e. The molecule has 0 aromatic heterocycles. The van der Waals surface area contributed by atoms with Gasteiger partial charge in [0.1, 0.15) is 0 Å². The predicted octanol–water partition coefficient (Wildman–Crippen LogP) is 12.6. The Labute approximate surface area is 265 Å². The summed E-state index contributed by atoms with van der Waals surface area (Å²) in [5, 5.41) is 0. The van der Waals surface area contributed by atoms with Gasteiger partial charge < -0.3 is 0 Å². The molecule has 0 heterocycles. The van der Waals surface area contributed by atoms with Gasteiger partial charge in [-0.25, -0.2) is 0 Å². The van der Waals surface area contributed by atoms with E-state index in [0.29, 0.717) is 0 Å². The molecule has 2 aliphatic rings. The molecule has 0 heteroatoms. The van der Waals surface area contributed by atoms with E-state index in [2.05, 4.69) is 151 Å². The van der Waals surface area contributed by atoms with Crippen LogP contribution in [0.3, 0.4) is 0 Å². The van der Waals surface area contributed by atoms with Crippen molar-refractivity contribution in [2.75, 3.05) is 0 Å². The second-order valence-electron chi connectivity index (χ2n) is 13.7. The van der Waals surface area contributed by atoms with E-state index in [0.717, 1.165) is 0 Å². The van der Waals surface area contributed by atoms with Crippen LogP contribution in [0.4, 0.5) is 0 Å². The first-order valence-corrected chi connectivity index (χ1v) is 16.5. The molecular formula is C44H46. The highest BCUT2D eigenvalue weighted by molar-refractivity contribution is 6.06. The van der Waals surface area contributed by atoms with Gasteiger partial charge in [-0.15, -0.1) is 0 Å². The van der Waals surface area contributed by atoms with Crippen molar-refractivity contribution in [1.82, 2.24) is 0 Å². The SMILES string of the molecule is CCCCCCc1ccc(-c2cccc(C3=CC(C)=C4C(c5cccc(-c6ccc(C)cc6)c5)=CC(C(C)(C)C)=C34)c2)cc1. The molecule has 0 spiro atoms. The standard InChI is InChI=1S/C44H46/c1-7-8-9-10-13-32-20-24-34(25-21-32)36-15-11-16-37(27-36)39-26-31(3)42-40(29-41(43(39)42)44(4,5)6)38-17-12-14-35(28-38)33-22-18-30(2)19-23-33/h11-12,14-29H,7-10,13H2,1-6H3. The van der Waals surface area contributed by atoms with Crippen molar-refractivity contribution in [1.29, 1.82) is 0 Å². The zero-order valence-corrected chi connectivity index (χ0v) is 27.4. The van der Waals surface area contributed by atoms with Crippen LogP contribution in [0.1, 0.15) is 82.6 Å². The lowest BCUT2D eigenvalue weighted by molar-refractivity contribution is 0.516. The molecule has 0 aliphatic heterocycles. The van der Waals surface area contributed by atoms with Gasteiger partial charge in [-0.3, -0.25) is 0 Å². The summed E-state index contributed by atoms with van der Waals surface area (Å²) in [5.41, 5.74) is 18.7. The van der Waals surface area contributed by atoms with Gasteiger partial charge >= 0.3 is 0 Å². The highest BCUT2D eigenvalue weighted by Gasteiger charge is 2.35. The Kier molecular flexibility index (Phi) is 8.46. The summed E-state index contributed by atoms with van der Waals surface area (Å²) in [6.45, 7) is 13.7. The van der Waals surface area contributed by atoms with Crippen molar-refractivity contribution < 1.29 is 0 Å². The second kappa shape index (κ2) is 12.4. The molecule has 0 bridgehead atoms. The molecule has 4 aromatic rings. The molecule has 0 saturated carbocycles. The highest BCUT2D eigenvalue weighted by atomic mass is 14.4. The van der Waals surface area contributed by atoms with Crippen LogP contribution >= 0.6 is 0 Å². The van der Waals surface area contributed by atoms with Gasteiger partial charge in [0.2, 0.25) is 0 Å². The lowest BCUT2D eigenvalue weighted by Crippen LogP contribution is -2.09. The van der Waals surface area contributed by atoms with Crippen molar-refractivity contribution in [2.24, 2.45) is 5.41 Å². The summed E-state index contributed by atoms with van der Waals surface area (Å²) in [4.78, 5) is 0. The van der Waals surface area contributed by atoms with E-state index >= 15 is 0 Å². The number of allylic oxidation sites excluding steroid dienone is 8. The zero-order valence-electron chi connectivity index (χ0n) is 27.4. The fourth-order valence-corrected chi connectivity index (χ4v) is 6.75. The Bertz CT molecular complexity index is 1790. The maximum atomic E-state index is 2.47. The van der Waals surface area contributed by atoms with Crippen LogP contribution in [-0.4, -0.2) is 0 Å². The number of rotatable bonds is 9. The van der Waals surface area contributed by atoms with Crippen LogP contribution in [0, 0.1) is 12.3 Å². The van der Waals surface area contributed by atoms with Crippen molar-refractivity contribution in [2.45, 2.75) is 73.6 Å². The van der Waals surface area contributed by atoms with Crippen LogP contribution in [-0.2, 0) is 6.42 Å². The predicted molar refractivity (Wildman–Crippen MR) is 191 cm³/mol. The summed E-state index contributed by atoms with van der Waals surface area (Å²) in [6, 6.07) is 36.4. The van der Waals surface area contributed by atoms with E-state index in [9.17, 15) is 0 Å². The molecule has 0 amide bonds. The molecule has 4 aromatic carbocycles. The van der Waals surface area contributed by atoms with E-state index in [1.54, 1.807) is 0 Å². The van der Waals surface area contributed by atoms with Crippen molar-refractivity contribution >= 4 is 11.1 Å². The van der Waals surface area contributed by atoms with Gasteiger partial charge in [-0.1, -0.05) is 144 Å². The van der Waals surface area contributed by atoms with E-state index in [1.165, 1.54) is 110 Å². The maximum absolute atomic E-state index is 2.47. The first kappa shape index (κ1) is 29.9. The molecule has 0 fully saturated rings. The maximum Gasteiger partial charge on any atom is -0.00587 e. The number of benzene rings is 4. The summed E-state index contributed by atoms with van der Waals surface area (Å²) < 4.78 is 0. The fraction of sp³-hybridized carbons (Fsp3) is 0.273. The average molecular weight is 575 g/mol. The Balaban J connectivity index is 1.31. The molecule has 0 saturated heterocycles. The molecule has 222 valence electrons. The van der Waals surface area contributed by atoms with Crippen molar-refractivity contribution in [3.8, 4) is 22.3 Å². The van der Waals surface area contributed by atoms with Gasteiger partial charge in [0.15, 0.2) is 0 Å². The summed E-state index contributed by atoms with van der Waals surface area (Å²) >= 11 is 0. The van der Waals surface area contributed by atoms with Gasteiger partial charge in [-0.05, 0) is 123 Å². The molecule has 6 rings (SSSR count). The topological polar surface area (TPSA) is 0 Å². The van der Waals surface area contributed by atoms with Gasteiger partial charge in [-0.2, -0.15) is 0 Å². The Morgan fingerprint density at radius 2 is 1.07 bits per heavy atom. The van der Waals surface area contributed by atoms with Crippen molar-refractivity contribution in [3.05, 3.63) is 154 Å². The number of fused-ring (bicyclic) bond motifs is 1. The zero-order chi connectivity index (χ0) is 30.8. The minimum atomic E-state index is 0.0190. The summed E-state index contributed by atoms with van der Waals surface area (Å²) in [7, 11) is 0. The average Bonchev–Trinajstić information content (AvgIpc) is 3.59. The third-order valence-electron chi connectivity index (χ3n) is 9.25. The quantitative estimate of drug-likeness (QED) is 0.174. The third kappa shape index (κ3) is 6.09. The Hall–Kier alpha value is -4.16. The van der Waals surface area contributed by atoms with Crippen LogP contribution in [0.25, 0.3) is 33.4 Å². The Morgan fingerprint density at radius 1 is 0.523 bits per heavy atom. The lowest BCUT2D eigenvalue weighted by atomic mass is 9.82. The summed E-state index contributed by atoms with van der Waals surface area (Å²) in [5.74, 6) is 0. The van der Waals surface area contributed by atoms with Gasteiger partial charge in [0.25, 0.3) is 0 Å². The molecular weight excluding hydrogens is 528 g/mol. The summed E-state index contributed by atoms with van der Waals surface area (Å²) in [6.07, 6.45) is 11.3. The second-order valence-corrected chi connectivity index (χ2v) is 13.7. The minimum Gasteiger partial charge on any atom is -0.0654 e. The first-order chi connectivity index (χ1) is 21.2. The lowest BCUT2D eigenvalue weighted by Gasteiger charge is -2.22. The van der Waals surface area contributed by atoms with E-state index < -0.39 is 0 Å². The molecule has 2 aliphatic carbocycles. The number of hydrogen-bond donors (Lipinski definition) is 0. The number of unbranched alkanes of at least 4 members (excludes halogenated alkanes) is 3. The van der Waals surface area contributed by atoms with Crippen LogP contribution < -0.4 is 0 Å². The van der Waals surface area contributed by atoms with Crippen LogP contribution in [0.2, 0.25) is 0 Å². The molecule has 0 atom stereocenters. The normalized spacial score (nSPS) is 14.7. The number of aryl methyl sites for hydroxylation is 2. The number of hydrogen-bond acceptors (Lipinski definition) is 0. The fourth-order valence-electron chi connectivity index (χ4n) is 6.75. The van der Waals surface area contributed by atoms with Gasteiger partial charge in [0.05, 0.1) is 0 Å². The molecule has 0 N–H and O–H groups in total. The van der Waals surface area contributed by atoms with E-state index in [4.69, 9.17) is 0 Å². The molecule has 0 unspecified atom stereocenters. The van der Waals surface area contributed by atoms with Crippen LogP contribution in [0.15, 0.2) is 132 Å². The van der Waals surface area contributed by atoms with Gasteiger partial charge in [0, 0.05) is 0 Å². The third-order valence-corrected chi connectivity index (χ3v) is 9.25. The minimum absolute atomic E-state index is 0.0190. The highest BCUT2D eigenvalue weighted by Crippen LogP contribution is 2.54. The van der Waals surface area contributed by atoms with Crippen molar-refractivity contribution in [3.63, 3.8) is 0 Å². The first-order valence-electron chi connectivity index (χ1n) is 16.5. The molecule has 0 radical (unpaired) electrons. The molecule has 44 heavy (non-hydrogen) atoms. The largest absolute Gasteiger partial charge is 0.0654 e. The van der Waals surface area contributed by atoms with E-state index in [1.807, 2.05) is 0 Å².